The monoisotopic (exact) mass is 568 g/mol. The van der Waals surface area contributed by atoms with Gasteiger partial charge in [-0.2, -0.15) is 0 Å². The Morgan fingerprint density at radius 2 is 1.43 bits per heavy atom. The van der Waals surface area contributed by atoms with E-state index in [0.717, 1.165) is 11.1 Å². The molecule has 0 spiro atoms. The second-order valence-corrected chi connectivity index (χ2v) is 9.88. The van der Waals surface area contributed by atoms with Gasteiger partial charge in [0.2, 0.25) is 0 Å². The van der Waals surface area contributed by atoms with Crippen molar-refractivity contribution in [3.8, 4) is 11.5 Å². The van der Waals surface area contributed by atoms with Crippen molar-refractivity contribution in [1.29, 1.82) is 0 Å². The minimum Gasteiger partial charge on any atom is -0.493 e. The number of thiocarbonyl (C=S) groups is 1. The smallest absolute Gasteiger partial charge is 0.270 e. The van der Waals surface area contributed by atoms with Gasteiger partial charge in [-0.1, -0.05) is 77.8 Å². The molecule has 2 amide bonds. The third-order valence-electron chi connectivity index (χ3n) is 6.31. The topological polar surface area (TPSA) is 59.1 Å². The Morgan fingerprint density at radius 1 is 0.825 bits per heavy atom. The Morgan fingerprint density at radius 3 is 1.98 bits per heavy atom. The highest BCUT2D eigenvalue weighted by Crippen LogP contribution is 2.38. The number of halogens is 1. The Balaban J connectivity index is 1.54. The van der Waals surface area contributed by atoms with E-state index in [1.165, 1.54) is 23.0 Å². The molecule has 0 radical (unpaired) electrons. The molecule has 1 aliphatic heterocycles. The summed E-state index contributed by atoms with van der Waals surface area (Å²) in [6.45, 7) is 2.31. The molecule has 1 saturated heterocycles. The number of ether oxygens (including phenoxy) is 2. The summed E-state index contributed by atoms with van der Waals surface area (Å²) >= 11 is 12.3. The predicted molar refractivity (Wildman–Crippen MR) is 162 cm³/mol. The maximum atomic E-state index is 13.8. The Hall–Kier alpha value is -4.46. The zero-order valence-electron chi connectivity index (χ0n) is 21.8. The molecule has 5 rings (SSSR count). The maximum absolute atomic E-state index is 13.8. The van der Waals surface area contributed by atoms with Gasteiger partial charge in [0.05, 0.1) is 23.5 Å². The summed E-state index contributed by atoms with van der Waals surface area (Å²) in [5.41, 5.74) is 3.63. The van der Waals surface area contributed by atoms with Crippen LogP contribution in [0, 0.1) is 6.92 Å². The van der Waals surface area contributed by atoms with Crippen molar-refractivity contribution >= 4 is 58.2 Å². The number of amides is 2. The minimum atomic E-state index is -0.539. The standard InChI is InChI=1S/C32H25ClN2O4S/c1-21-10-9-11-22(16-21)20-39-29-27(33)18-23(19-28(29)38-2)17-26-30(36)34(24-12-5-3-6-13-24)32(40)35(31(26)37)25-14-7-4-8-15-25/h3-19H,20H2,1-2H3. The minimum absolute atomic E-state index is 0.0695. The van der Waals surface area contributed by atoms with Crippen LogP contribution < -0.4 is 19.3 Å². The quantitative estimate of drug-likeness (QED) is 0.137. The SMILES string of the molecule is COc1cc(C=C2C(=O)N(c3ccccc3)C(=S)N(c3ccccc3)C2=O)cc(Cl)c1OCc1cccc(C)c1. The molecular weight excluding hydrogens is 544 g/mol. The first-order valence-electron chi connectivity index (χ1n) is 12.5. The third-order valence-corrected chi connectivity index (χ3v) is 6.95. The van der Waals surface area contributed by atoms with Crippen molar-refractivity contribution in [2.75, 3.05) is 16.9 Å². The van der Waals surface area contributed by atoms with Crippen molar-refractivity contribution in [3.63, 3.8) is 0 Å². The van der Waals surface area contributed by atoms with Crippen molar-refractivity contribution in [2.45, 2.75) is 13.5 Å². The van der Waals surface area contributed by atoms with Crippen LogP contribution in [-0.2, 0) is 16.2 Å². The van der Waals surface area contributed by atoms with E-state index in [2.05, 4.69) is 0 Å². The van der Waals surface area contributed by atoms with Crippen LogP contribution in [0.15, 0.2) is 103 Å². The lowest BCUT2D eigenvalue weighted by molar-refractivity contribution is -0.120. The van der Waals surface area contributed by atoms with Gasteiger partial charge < -0.3 is 9.47 Å². The van der Waals surface area contributed by atoms with E-state index < -0.39 is 11.8 Å². The van der Waals surface area contributed by atoms with E-state index in [-0.39, 0.29) is 15.7 Å². The molecule has 4 aromatic rings. The molecule has 4 aromatic carbocycles. The van der Waals surface area contributed by atoms with E-state index in [1.54, 1.807) is 60.7 Å². The van der Waals surface area contributed by atoms with E-state index in [4.69, 9.17) is 33.3 Å². The zero-order chi connectivity index (χ0) is 28.2. The second kappa shape index (κ2) is 11.7. The molecule has 8 heteroatoms. The van der Waals surface area contributed by atoms with E-state index in [0.29, 0.717) is 35.0 Å². The molecule has 0 bridgehead atoms. The molecule has 0 unspecified atom stereocenters. The van der Waals surface area contributed by atoms with Crippen molar-refractivity contribution < 1.29 is 19.1 Å². The van der Waals surface area contributed by atoms with E-state index in [1.807, 2.05) is 43.3 Å². The number of para-hydroxylation sites is 2. The number of carbonyl (C=O) groups excluding carboxylic acids is 2. The van der Waals surface area contributed by atoms with Crippen molar-refractivity contribution in [1.82, 2.24) is 0 Å². The Kier molecular flexibility index (Phi) is 7.96. The van der Waals surface area contributed by atoms with Gasteiger partial charge >= 0.3 is 0 Å². The average Bonchev–Trinajstić information content (AvgIpc) is 2.96. The lowest BCUT2D eigenvalue weighted by atomic mass is 10.0. The number of hydrogen-bond donors (Lipinski definition) is 0. The van der Waals surface area contributed by atoms with Crippen LogP contribution >= 0.6 is 23.8 Å². The molecule has 40 heavy (non-hydrogen) atoms. The van der Waals surface area contributed by atoms with Gasteiger partial charge in [0, 0.05) is 0 Å². The van der Waals surface area contributed by atoms with Crippen LogP contribution in [0.4, 0.5) is 11.4 Å². The number of benzene rings is 4. The van der Waals surface area contributed by atoms with Gasteiger partial charge in [0.1, 0.15) is 12.2 Å². The first-order chi connectivity index (χ1) is 19.4. The fourth-order valence-corrected chi connectivity index (χ4v) is 5.08. The summed E-state index contributed by atoms with van der Waals surface area (Å²) in [7, 11) is 1.51. The number of rotatable bonds is 7. The fraction of sp³-hybridized carbons (Fsp3) is 0.0938. The highest BCUT2D eigenvalue weighted by molar-refractivity contribution is 7.81. The lowest BCUT2D eigenvalue weighted by Gasteiger charge is -2.36. The number of nitrogens with zero attached hydrogens (tertiary/aromatic N) is 2. The molecular formula is C32H25ClN2O4S. The predicted octanol–water partition coefficient (Wildman–Crippen LogP) is 6.98. The number of aryl methyl sites for hydroxylation is 1. The second-order valence-electron chi connectivity index (χ2n) is 9.10. The van der Waals surface area contributed by atoms with Crippen LogP contribution in [0.2, 0.25) is 5.02 Å². The number of carbonyl (C=O) groups is 2. The average molecular weight is 569 g/mol. The molecule has 1 heterocycles. The molecule has 200 valence electrons. The van der Waals surface area contributed by atoms with Crippen molar-refractivity contribution in [3.05, 3.63) is 124 Å². The first kappa shape index (κ1) is 27.1. The molecule has 0 aromatic heterocycles. The summed E-state index contributed by atoms with van der Waals surface area (Å²) in [6, 6.07) is 29.2. The highest BCUT2D eigenvalue weighted by Gasteiger charge is 2.41. The molecule has 0 aliphatic carbocycles. The first-order valence-corrected chi connectivity index (χ1v) is 13.3. The van der Waals surface area contributed by atoms with Crippen LogP contribution in [0.1, 0.15) is 16.7 Å². The van der Waals surface area contributed by atoms with Gasteiger partial charge in [-0.15, -0.1) is 0 Å². The van der Waals surface area contributed by atoms with Crippen LogP contribution in [0.5, 0.6) is 11.5 Å². The highest BCUT2D eigenvalue weighted by atomic mass is 35.5. The van der Waals surface area contributed by atoms with Gasteiger partial charge in [0.15, 0.2) is 16.6 Å². The van der Waals surface area contributed by atoms with Crippen molar-refractivity contribution in [2.24, 2.45) is 0 Å². The largest absolute Gasteiger partial charge is 0.493 e. The van der Waals surface area contributed by atoms with Crippen LogP contribution in [0.25, 0.3) is 6.08 Å². The summed E-state index contributed by atoms with van der Waals surface area (Å²) in [5, 5.41) is 0.352. The van der Waals surface area contributed by atoms with Gasteiger partial charge in [-0.25, -0.2) is 0 Å². The summed E-state index contributed by atoms with van der Waals surface area (Å²) in [6.07, 6.45) is 1.50. The fourth-order valence-electron chi connectivity index (χ4n) is 4.43. The summed E-state index contributed by atoms with van der Waals surface area (Å²) in [5.74, 6) is -0.336. The molecule has 0 atom stereocenters. The zero-order valence-corrected chi connectivity index (χ0v) is 23.4. The molecule has 1 aliphatic rings. The third kappa shape index (κ3) is 5.47. The van der Waals surface area contributed by atoms with Crippen LogP contribution in [0.3, 0.4) is 0 Å². The number of methoxy groups -OCH3 is 1. The number of hydrogen-bond acceptors (Lipinski definition) is 5. The molecule has 0 saturated carbocycles. The normalized spacial score (nSPS) is 13.5. The van der Waals surface area contributed by atoms with Crippen LogP contribution in [-0.4, -0.2) is 24.0 Å². The maximum Gasteiger partial charge on any atom is 0.270 e. The molecule has 0 N–H and O–H groups in total. The van der Waals surface area contributed by atoms with Gasteiger partial charge in [-0.05, 0) is 72.7 Å². The Labute approximate surface area is 243 Å². The van der Waals surface area contributed by atoms with E-state index >= 15 is 0 Å². The van der Waals surface area contributed by atoms with Gasteiger partial charge in [0.25, 0.3) is 11.8 Å². The summed E-state index contributed by atoms with van der Waals surface area (Å²) in [4.78, 5) is 30.2. The van der Waals surface area contributed by atoms with Gasteiger partial charge in [-0.3, -0.25) is 19.4 Å². The van der Waals surface area contributed by atoms with E-state index in [9.17, 15) is 9.59 Å². The lowest BCUT2D eigenvalue weighted by Crippen LogP contribution is -2.56. The molecule has 1 fully saturated rings. The summed E-state index contributed by atoms with van der Waals surface area (Å²) < 4.78 is 11.6. The number of anilines is 2. The molecule has 6 nitrogen and oxygen atoms in total. The Bertz CT molecular complexity index is 1560.